The molecule has 7 heterocycles. The number of ether oxygens (including phenoxy) is 4. The number of aryl methyl sites for hydroxylation is 2. The standard InChI is InChI=1S/C46H46N4O4/c1-27-11-7-9-13-29(27)39-31-15-19-35(47-31)41(43-51-23-45(3,4)24-52-43)37-21-17-33(49-37)40(30-14-10-8-12-28(30)2)34-18-22-38(50-34)42(36-20-16-32(39)48-36)44-53-25-46(5,6)26-54-44/h7-22,43-44,47,50H,23-26H2,1-6H3. The molecule has 3 aromatic heterocycles. The van der Waals surface area contributed by atoms with Crippen LogP contribution in [0.4, 0.5) is 0 Å². The lowest BCUT2D eigenvalue weighted by Crippen LogP contribution is -2.34. The van der Waals surface area contributed by atoms with Crippen LogP contribution in [0, 0.1) is 24.7 Å². The van der Waals surface area contributed by atoms with Gasteiger partial charge in [-0.25, -0.2) is 9.97 Å². The van der Waals surface area contributed by atoms with E-state index < -0.39 is 12.6 Å². The van der Waals surface area contributed by atoms with Crippen molar-refractivity contribution in [3.63, 3.8) is 0 Å². The SMILES string of the molecule is Cc1ccccc1-c1c2nc(c(C3OCC(C)(C)CO3)c3ccc([nH]3)c(-c3ccccc3C)c3nc(c(C4OCC(C)(C)CO4)c4ccc1[nH]4)C=C3)C=C2. The summed E-state index contributed by atoms with van der Waals surface area (Å²) in [5.74, 6) is 0. The Bertz CT molecular complexity index is 2330. The van der Waals surface area contributed by atoms with Gasteiger partial charge in [0, 0.05) is 44.0 Å². The van der Waals surface area contributed by atoms with E-state index in [1.165, 1.54) is 0 Å². The molecular weight excluding hydrogens is 673 g/mol. The van der Waals surface area contributed by atoms with Crippen LogP contribution >= 0.6 is 0 Å². The largest absolute Gasteiger partial charge is 0.355 e. The van der Waals surface area contributed by atoms with Crippen LogP contribution in [-0.2, 0) is 18.9 Å². The van der Waals surface area contributed by atoms with E-state index in [1.54, 1.807) is 0 Å². The number of aromatic nitrogens is 4. The second-order valence-corrected chi connectivity index (χ2v) is 16.4. The first-order chi connectivity index (χ1) is 26.0. The maximum Gasteiger partial charge on any atom is 0.187 e. The van der Waals surface area contributed by atoms with Crippen LogP contribution in [-0.4, -0.2) is 46.4 Å². The molecule has 274 valence electrons. The van der Waals surface area contributed by atoms with E-state index in [0.717, 1.165) is 89.4 Å². The van der Waals surface area contributed by atoms with E-state index >= 15 is 0 Å². The van der Waals surface area contributed by atoms with Crippen molar-refractivity contribution in [2.45, 2.75) is 54.1 Å². The van der Waals surface area contributed by atoms with Gasteiger partial charge < -0.3 is 28.9 Å². The molecule has 0 unspecified atom stereocenters. The van der Waals surface area contributed by atoms with Gasteiger partial charge in [0.1, 0.15) is 0 Å². The average Bonchev–Trinajstić information content (AvgIpc) is 3.98. The molecule has 2 saturated heterocycles. The molecule has 0 aliphatic carbocycles. The maximum absolute atomic E-state index is 6.48. The number of hydrogen-bond donors (Lipinski definition) is 2. The van der Waals surface area contributed by atoms with Crippen LogP contribution in [0.2, 0.25) is 0 Å². The van der Waals surface area contributed by atoms with Gasteiger partial charge in [0.15, 0.2) is 12.6 Å². The molecule has 54 heavy (non-hydrogen) atoms. The van der Waals surface area contributed by atoms with Gasteiger partial charge in [0.25, 0.3) is 0 Å². The first kappa shape index (κ1) is 34.6. The van der Waals surface area contributed by atoms with Crippen molar-refractivity contribution in [1.29, 1.82) is 0 Å². The Morgan fingerprint density at radius 3 is 1.22 bits per heavy atom. The Morgan fingerprint density at radius 1 is 0.481 bits per heavy atom. The molecule has 5 aromatic rings. The van der Waals surface area contributed by atoms with E-state index in [-0.39, 0.29) is 10.8 Å². The highest BCUT2D eigenvalue weighted by Gasteiger charge is 2.34. The smallest absolute Gasteiger partial charge is 0.187 e. The summed E-state index contributed by atoms with van der Waals surface area (Å²) in [6, 6.07) is 25.3. The zero-order valence-corrected chi connectivity index (χ0v) is 31.7. The fourth-order valence-corrected chi connectivity index (χ4v) is 7.74. The Kier molecular flexibility index (Phi) is 8.54. The number of nitrogens with zero attached hydrogens (tertiary/aromatic N) is 2. The predicted molar refractivity (Wildman–Crippen MR) is 216 cm³/mol. The van der Waals surface area contributed by atoms with Crippen LogP contribution < -0.4 is 0 Å². The minimum atomic E-state index is -0.603. The number of benzene rings is 2. The van der Waals surface area contributed by atoms with E-state index in [1.807, 2.05) is 0 Å². The van der Waals surface area contributed by atoms with Crippen molar-refractivity contribution in [1.82, 2.24) is 19.9 Å². The zero-order valence-electron chi connectivity index (χ0n) is 31.7. The summed E-state index contributed by atoms with van der Waals surface area (Å²) in [5, 5.41) is 0. The van der Waals surface area contributed by atoms with Crippen molar-refractivity contribution in [2.24, 2.45) is 10.8 Å². The molecular formula is C46H46N4O4. The molecule has 0 atom stereocenters. The number of aromatic amines is 2. The Hall–Kier alpha value is -5.12. The Balaban J connectivity index is 1.41. The molecule has 0 saturated carbocycles. The normalized spacial score (nSPS) is 18.3. The molecule has 9 rings (SSSR count). The lowest BCUT2D eigenvalue weighted by Gasteiger charge is -2.34. The topological polar surface area (TPSA) is 94.3 Å². The molecule has 4 aliphatic rings. The second kappa shape index (κ2) is 13.3. The molecule has 8 nitrogen and oxygen atoms in total. The van der Waals surface area contributed by atoms with Gasteiger partial charge in [-0.1, -0.05) is 76.2 Å². The van der Waals surface area contributed by atoms with Gasteiger partial charge in [-0.3, -0.25) is 0 Å². The van der Waals surface area contributed by atoms with E-state index in [2.05, 4.69) is 149 Å². The highest BCUT2D eigenvalue weighted by molar-refractivity contribution is 5.95. The third-order valence-corrected chi connectivity index (χ3v) is 10.6. The first-order valence-electron chi connectivity index (χ1n) is 18.8. The lowest BCUT2D eigenvalue weighted by atomic mass is 9.95. The van der Waals surface area contributed by atoms with Gasteiger partial charge in [-0.05, 0) is 84.7 Å². The van der Waals surface area contributed by atoms with Crippen molar-refractivity contribution in [2.75, 3.05) is 26.4 Å². The Morgan fingerprint density at radius 2 is 0.833 bits per heavy atom. The first-order valence-corrected chi connectivity index (χ1v) is 18.8. The lowest BCUT2D eigenvalue weighted by molar-refractivity contribution is -0.225. The van der Waals surface area contributed by atoms with Crippen LogP contribution in [0.25, 0.3) is 68.6 Å². The van der Waals surface area contributed by atoms with Gasteiger partial charge in [0.2, 0.25) is 0 Å². The van der Waals surface area contributed by atoms with Crippen molar-refractivity contribution in [3.8, 4) is 22.3 Å². The quantitative estimate of drug-likeness (QED) is 0.188. The van der Waals surface area contributed by atoms with Gasteiger partial charge in [-0.15, -0.1) is 0 Å². The number of nitrogens with one attached hydrogen (secondary N) is 2. The third-order valence-electron chi connectivity index (χ3n) is 10.6. The average molecular weight is 719 g/mol. The molecule has 2 N–H and O–H groups in total. The monoisotopic (exact) mass is 718 g/mol. The highest BCUT2D eigenvalue weighted by atomic mass is 16.7. The van der Waals surface area contributed by atoms with Crippen LogP contribution in [0.15, 0.2) is 72.8 Å². The minimum absolute atomic E-state index is 0.0925. The fourth-order valence-electron chi connectivity index (χ4n) is 7.74. The number of hydrogen-bond acceptors (Lipinski definition) is 6. The van der Waals surface area contributed by atoms with Crippen molar-refractivity contribution < 1.29 is 18.9 Å². The number of fused-ring (bicyclic) bond motifs is 8. The molecule has 8 heteroatoms. The second-order valence-electron chi connectivity index (χ2n) is 16.4. The molecule has 2 aromatic carbocycles. The van der Waals surface area contributed by atoms with E-state index in [9.17, 15) is 0 Å². The van der Waals surface area contributed by atoms with Crippen LogP contribution in [0.3, 0.4) is 0 Å². The van der Waals surface area contributed by atoms with E-state index in [0.29, 0.717) is 26.4 Å². The van der Waals surface area contributed by atoms with Crippen molar-refractivity contribution >= 4 is 46.4 Å². The van der Waals surface area contributed by atoms with Crippen LogP contribution in [0.1, 0.15) is 85.3 Å². The summed E-state index contributed by atoms with van der Waals surface area (Å²) in [6.07, 6.45) is 7.15. The van der Waals surface area contributed by atoms with Crippen LogP contribution in [0.5, 0.6) is 0 Å². The van der Waals surface area contributed by atoms with Gasteiger partial charge in [-0.2, -0.15) is 0 Å². The van der Waals surface area contributed by atoms with E-state index in [4.69, 9.17) is 28.9 Å². The predicted octanol–water partition coefficient (Wildman–Crippen LogP) is 10.7. The Labute approximate surface area is 315 Å². The molecule has 4 aliphatic heterocycles. The van der Waals surface area contributed by atoms with Gasteiger partial charge in [0.05, 0.1) is 60.3 Å². The summed E-state index contributed by atoms with van der Waals surface area (Å²) >= 11 is 0. The number of rotatable bonds is 4. The van der Waals surface area contributed by atoms with Gasteiger partial charge >= 0.3 is 0 Å². The molecule has 0 radical (unpaired) electrons. The minimum Gasteiger partial charge on any atom is -0.355 e. The summed E-state index contributed by atoms with van der Waals surface area (Å²) in [4.78, 5) is 18.3. The summed E-state index contributed by atoms with van der Waals surface area (Å²) in [6.45, 7) is 15.2. The highest BCUT2D eigenvalue weighted by Crippen LogP contribution is 2.41. The molecule has 0 amide bonds. The van der Waals surface area contributed by atoms with Crippen molar-refractivity contribution in [3.05, 3.63) is 118 Å². The maximum atomic E-state index is 6.48. The zero-order chi connectivity index (χ0) is 37.2. The number of H-pyrrole nitrogens is 2. The summed E-state index contributed by atoms with van der Waals surface area (Å²) < 4.78 is 25.9. The molecule has 2 fully saturated rings. The molecule has 0 spiro atoms. The summed E-state index contributed by atoms with van der Waals surface area (Å²) in [5.41, 5.74) is 14.9. The molecule has 8 bridgehead atoms. The third kappa shape index (κ3) is 6.33. The fraction of sp³-hybridized carbons (Fsp3) is 0.304. The summed E-state index contributed by atoms with van der Waals surface area (Å²) in [7, 11) is 0.